The second kappa shape index (κ2) is 6.86. The first-order chi connectivity index (χ1) is 8.81. The van der Waals surface area contributed by atoms with Crippen LogP contribution in [0.15, 0.2) is 18.2 Å². The fourth-order valence-corrected chi connectivity index (χ4v) is 2.58. The van der Waals surface area contributed by atoms with Crippen molar-refractivity contribution in [2.24, 2.45) is 5.92 Å². The topological polar surface area (TPSA) is 34.2 Å². The van der Waals surface area contributed by atoms with Crippen LogP contribution in [-0.4, -0.2) is 24.7 Å². The van der Waals surface area contributed by atoms with E-state index in [1.165, 1.54) is 18.5 Å². The van der Waals surface area contributed by atoms with Crippen molar-refractivity contribution in [3.63, 3.8) is 0 Å². The summed E-state index contributed by atoms with van der Waals surface area (Å²) in [6, 6.07) is 6.62. The molecule has 18 heavy (non-hydrogen) atoms. The van der Waals surface area contributed by atoms with Crippen LogP contribution in [0.2, 0.25) is 0 Å². The summed E-state index contributed by atoms with van der Waals surface area (Å²) in [4.78, 5) is 4.68. The Morgan fingerprint density at radius 2 is 2.39 bits per heavy atom. The molecule has 1 saturated heterocycles. The lowest BCUT2D eigenvalue weighted by molar-refractivity contribution is 0.0384. The van der Waals surface area contributed by atoms with E-state index in [2.05, 4.69) is 42.3 Å². The summed E-state index contributed by atoms with van der Waals surface area (Å²) in [5.41, 5.74) is 2.26. The molecule has 100 valence electrons. The third kappa shape index (κ3) is 3.53. The van der Waals surface area contributed by atoms with Gasteiger partial charge in [-0.25, -0.2) is 0 Å². The minimum absolute atomic E-state index is 0.338. The van der Waals surface area contributed by atoms with Gasteiger partial charge in [0.2, 0.25) is 0 Å². The van der Waals surface area contributed by atoms with Crippen LogP contribution >= 0.6 is 0 Å². The van der Waals surface area contributed by atoms with Gasteiger partial charge in [-0.15, -0.1) is 0 Å². The molecule has 1 N–H and O–H groups in total. The number of aryl methyl sites for hydroxylation is 1. The zero-order chi connectivity index (χ0) is 12.8. The van der Waals surface area contributed by atoms with Crippen LogP contribution in [0.4, 0.5) is 0 Å². The fraction of sp³-hybridized carbons (Fsp3) is 0.667. The second-order valence-electron chi connectivity index (χ2n) is 5.11. The molecule has 1 fully saturated rings. The zero-order valence-electron chi connectivity index (χ0n) is 11.5. The predicted molar refractivity (Wildman–Crippen MR) is 73.6 cm³/mol. The van der Waals surface area contributed by atoms with Crippen LogP contribution < -0.4 is 5.32 Å². The maximum absolute atomic E-state index is 5.63. The average Bonchev–Trinajstić information content (AvgIpc) is 2.40. The van der Waals surface area contributed by atoms with Gasteiger partial charge < -0.3 is 10.1 Å². The Bertz CT molecular complexity index is 361. The third-order valence-electron chi connectivity index (χ3n) is 3.51. The monoisotopic (exact) mass is 248 g/mol. The van der Waals surface area contributed by atoms with Gasteiger partial charge in [0.1, 0.15) is 0 Å². The first kappa shape index (κ1) is 13.5. The molecule has 2 atom stereocenters. The molecule has 2 unspecified atom stereocenters. The smallest absolute Gasteiger partial charge is 0.0580 e. The minimum atomic E-state index is 0.338. The molecule has 2 rings (SSSR count). The molecular weight excluding hydrogens is 224 g/mol. The van der Waals surface area contributed by atoms with Crippen molar-refractivity contribution in [1.29, 1.82) is 0 Å². The lowest BCUT2D eigenvalue weighted by Gasteiger charge is -2.30. The quantitative estimate of drug-likeness (QED) is 0.870. The summed E-state index contributed by atoms with van der Waals surface area (Å²) in [6.07, 6.45) is 3.55. The van der Waals surface area contributed by atoms with Crippen molar-refractivity contribution in [1.82, 2.24) is 10.3 Å². The van der Waals surface area contributed by atoms with E-state index in [9.17, 15) is 0 Å². The normalized spacial score (nSPS) is 21.8. The van der Waals surface area contributed by atoms with Crippen LogP contribution in [0.1, 0.15) is 43.6 Å². The summed E-state index contributed by atoms with van der Waals surface area (Å²) in [5, 5.41) is 3.64. The highest BCUT2D eigenvalue weighted by atomic mass is 16.5. The summed E-state index contributed by atoms with van der Waals surface area (Å²) in [6.45, 7) is 7.06. The number of rotatable bonds is 5. The number of nitrogens with zero attached hydrogens (tertiary/aromatic N) is 1. The van der Waals surface area contributed by atoms with Gasteiger partial charge in [0.05, 0.1) is 18.3 Å². The lowest BCUT2D eigenvalue weighted by Crippen LogP contribution is -2.34. The Morgan fingerprint density at radius 3 is 3.06 bits per heavy atom. The van der Waals surface area contributed by atoms with Crippen LogP contribution in [0, 0.1) is 12.8 Å². The number of aromatic nitrogens is 1. The maximum atomic E-state index is 5.63. The first-order valence-electron chi connectivity index (χ1n) is 7.06. The molecule has 1 aromatic heterocycles. The standard InChI is InChI=1S/C15H24N2O/c1-3-9-16-15(13-7-5-10-18-11-13)14-8-4-6-12(2)17-14/h4,6,8,13,15-16H,3,5,7,9-11H2,1-2H3. The van der Waals surface area contributed by atoms with E-state index in [0.29, 0.717) is 12.0 Å². The van der Waals surface area contributed by atoms with Gasteiger partial charge in [0, 0.05) is 18.2 Å². The van der Waals surface area contributed by atoms with Crippen molar-refractivity contribution in [3.05, 3.63) is 29.6 Å². The van der Waals surface area contributed by atoms with Crippen LogP contribution in [-0.2, 0) is 4.74 Å². The Morgan fingerprint density at radius 1 is 1.50 bits per heavy atom. The van der Waals surface area contributed by atoms with E-state index < -0.39 is 0 Å². The van der Waals surface area contributed by atoms with Gasteiger partial charge in [-0.05, 0) is 44.9 Å². The van der Waals surface area contributed by atoms with E-state index in [4.69, 9.17) is 4.74 Å². The first-order valence-corrected chi connectivity index (χ1v) is 7.06. The summed E-state index contributed by atoms with van der Waals surface area (Å²) in [7, 11) is 0. The van der Waals surface area contributed by atoms with Gasteiger partial charge in [-0.3, -0.25) is 4.98 Å². The van der Waals surface area contributed by atoms with Gasteiger partial charge >= 0.3 is 0 Å². The molecule has 2 heterocycles. The SMILES string of the molecule is CCCNC(c1cccc(C)n1)C1CCCOC1. The van der Waals surface area contributed by atoms with E-state index in [1.807, 2.05) is 0 Å². The van der Waals surface area contributed by atoms with Crippen LogP contribution in [0.5, 0.6) is 0 Å². The summed E-state index contributed by atoms with van der Waals surface area (Å²) < 4.78 is 5.63. The molecule has 0 spiro atoms. The van der Waals surface area contributed by atoms with Crippen molar-refractivity contribution >= 4 is 0 Å². The molecule has 0 amide bonds. The van der Waals surface area contributed by atoms with Crippen molar-refractivity contribution in [2.75, 3.05) is 19.8 Å². The molecule has 0 saturated carbocycles. The number of nitrogens with one attached hydrogen (secondary N) is 1. The number of hydrogen-bond acceptors (Lipinski definition) is 3. The molecule has 1 aromatic rings. The van der Waals surface area contributed by atoms with E-state index in [1.54, 1.807) is 0 Å². The molecular formula is C15H24N2O. The minimum Gasteiger partial charge on any atom is -0.381 e. The van der Waals surface area contributed by atoms with Crippen LogP contribution in [0.3, 0.4) is 0 Å². The van der Waals surface area contributed by atoms with Gasteiger partial charge in [0.15, 0.2) is 0 Å². The second-order valence-corrected chi connectivity index (χ2v) is 5.11. The van der Waals surface area contributed by atoms with Gasteiger partial charge in [0.25, 0.3) is 0 Å². The molecule has 3 nitrogen and oxygen atoms in total. The zero-order valence-corrected chi connectivity index (χ0v) is 11.5. The van der Waals surface area contributed by atoms with E-state index >= 15 is 0 Å². The summed E-state index contributed by atoms with van der Waals surface area (Å²) in [5.74, 6) is 0.555. The van der Waals surface area contributed by atoms with Gasteiger partial charge in [-0.2, -0.15) is 0 Å². The molecule has 1 aliphatic heterocycles. The van der Waals surface area contributed by atoms with Gasteiger partial charge in [-0.1, -0.05) is 13.0 Å². The molecule has 0 aromatic carbocycles. The summed E-state index contributed by atoms with van der Waals surface area (Å²) >= 11 is 0. The highest BCUT2D eigenvalue weighted by Gasteiger charge is 2.26. The largest absolute Gasteiger partial charge is 0.381 e. The van der Waals surface area contributed by atoms with Crippen LogP contribution in [0.25, 0.3) is 0 Å². The molecule has 0 radical (unpaired) electrons. The molecule has 1 aliphatic rings. The number of pyridine rings is 1. The Labute approximate surface area is 110 Å². The van der Waals surface area contributed by atoms with E-state index in [-0.39, 0.29) is 0 Å². The van der Waals surface area contributed by atoms with Crippen molar-refractivity contribution in [2.45, 2.75) is 39.2 Å². The Balaban J connectivity index is 2.12. The maximum Gasteiger partial charge on any atom is 0.0580 e. The van der Waals surface area contributed by atoms with Crippen molar-refractivity contribution < 1.29 is 4.74 Å². The highest BCUT2D eigenvalue weighted by molar-refractivity contribution is 5.14. The fourth-order valence-electron chi connectivity index (χ4n) is 2.58. The number of hydrogen-bond donors (Lipinski definition) is 1. The molecule has 0 aliphatic carbocycles. The van der Waals surface area contributed by atoms with Crippen molar-refractivity contribution in [3.8, 4) is 0 Å². The Kier molecular flexibility index (Phi) is 5.14. The third-order valence-corrected chi connectivity index (χ3v) is 3.51. The molecule has 0 bridgehead atoms. The molecule has 3 heteroatoms. The predicted octanol–water partition coefficient (Wildman–Crippen LogP) is 2.86. The number of ether oxygens (including phenoxy) is 1. The average molecular weight is 248 g/mol. The highest BCUT2D eigenvalue weighted by Crippen LogP contribution is 2.27. The Hall–Kier alpha value is -0.930. The lowest BCUT2D eigenvalue weighted by atomic mass is 9.91. The van der Waals surface area contributed by atoms with E-state index in [0.717, 1.165) is 31.9 Å².